The van der Waals surface area contributed by atoms with Gasteiger partial charge in [-0.25, -0.2) is 5.06 Å². The van der Waals surface area contributed by atoms with E-state index < -0.39 is 0 Å². The van der Waals surface area contributed by atoms with Gasteiger partial charge in [-0.3, -0.25) is 9.63 Å². The van der Waals surface area contributed by atoms with E-state index in [0.717, 1.165) is 25.9 Å². The minimum Gasteiger partial charge on any atom is -0.317 e. The van der Waals surface area contributed by atoms with Crippen LogP contribution in [0.3, 0.4) is 0 Å². The first-order chi connectivity index (χ1) is 6.27. The molecule has 2 aliphatic rings. The summed E-state index contributed by atoms with van der Waals surface area (Å²) in [5, 5.41) is 4.87. The minimum atomic E-state index is 0.0717. The summed E-state index contributed by atoms with van der Waals surface area (Å²) in [5.41, 5.74) is 0. The summed E-state index contributed by atoms with van der Waals surface area (Å²) in [5.74, 6) is 0.152. The van der Waals surface area contributed by atoms with E-state index in [9.17, 15) is 4.79 Å². The highest BCUT2D eigenvalue weighted by molar-refractivity contribution is 5.77. The van der Waals surface area contributed by atoms with Crippen LogP contribution in [0.15, 0.2) is 0 Å². The fourth-order valence-corrected chi connectivity index (χ4v) is 1.96. The van der Waals surface area contributed by atoms with Gasteiger partial charge in [0.25, 0.3) is 0 Å². The first-order valence-electron chi connectivity index (χ1n) is 4.97. The zero-order valence-corrected chi connectivity index (χ0v) is 7.95. The van der Waals surface area contributed by atoms with Crippen LogP contribution in [0.4, 0.5) is 0 Å². The molecule has 0 spiro atoms. The summed E-state index contributed by atoms with van der Waals surface area (Å²) in [7, 11) is 0. The molecule has 0 aromatic carbocycles. The summed E-state index contributed by atoms with van der Waals surface area (Å²) < 4.78 is 0. The van der Waals surface area contributed by atoms with Crippen LogP contribution in [0.25, 0.3) is 0 Å². The molecule has 1 unspecified atom stereocenters. The molecule has 2 fully saturated rings. The highest BCUT2D eigenvalue weighted by atomic mass is 16.7. The van der Waals surface area contributed by atoms with Crippen molar-refractivity contribution in [1.29, 1.82) is 0 Å². The van der Waals surface area contributed by atoms with Gasteiger partial charge in [-0.1, -0.05) is 0 Å². The summed E-state index contributed by atoms with van der Waals surface area (Å²) in [6.07, 6.45) is 2.64. The lowest BCUT2D eigenvalue weighted by atomic mass is 10.1. The van der Waals surface area contributed by atoms with Crippen LogP contribution < -0.4 is 5.32 Å². The third kappa shape index (κ3) is 1.84. The number of piperidine rings is 1. The SMILES string of the molecule is CC1CC(=O)N(C2CCNCC2)O1. The highest BCUT2D eigenvalue weighted by Crippen LogP contribution is 2.21. The lowest BCUT2D eigenvalue weighted by Gasteiger charge is -2.30. The van der Waals surface area contributed by atoms with Crippen molar-refractivity contribution in [2.24, 2.45) is 0 Å². The average molecular weight is 184 g/mol. The molecule has 1 amide bonds. The van der Waals surface area contributed by atoms with Gasteiger partial charge in [0.15, 0.2) is 0 Å². The molecule has 0 aromatic heterocycles. The number of hydrogen-bond donors (Lipinski definition) is 1. The minimum absolute atomic E-state index is 0.0717. The summed E-state index contributed by atoms with van der Waals surface area (Å²) in [6, 6.07) is 0.304. The fourth-order valence-electron chi connectivity index (χ4n) is 1.96. The van der Waals surface area contributed by atoms with Gasteiger partial charge >= 0.3 is 0 Å². The molecule has 1 N–H and O–H groups in total. The number of hydrogen-bond acceptors (Lipinski definition) is 3. The maximum atomic E-state index is 11.5. The Bertz CT molecular complexity index is 202. The average Bonchev–Trinajstić information content (AvgIpc) is 2.47. The maximum Gasteiger partial charge on any atom is 0.249 e. The van der Waals surface area contributed by atoms with Gasteiger partial charge in [0.2, 0.25) is 5.91 Å². The zero-order valence-electron chi connectivity index (χ0n) is 7.95. The smallest absolute Gasteiger partial charge is 0.249 e. The Kier molecular flexibility index (Phi) is 2.51. The van der Waals surface area contributed by atoms with Gasteiger partial charge in [-0.2, -0.15) is 0 Å². The maximum absolute atomic E-state index is 11.5. The van der Waals surface area contributed by atoms with Crippen molar-refractivity contribution >= 4 is 5.91 Å². The first kappa shape index (κ1) is 8.97. The van der Waals surface area contributed by atoms with Gasteiger partial charge in [-0.05, 0) is 32.9 Å². The number of amides is 1. The second kappa shape index (κ2) is 3.64. The van der Waals surface area contributed by atoms with Crippen LogP contribution in [0, 0.1) is 0 Å². The van der Waals surface area contributed by atoms with Crippen molar-refractivity contribution in [1.82, 2.24) is 10.4 Å². The molecule has 0 bridgehead atoms. The monoisotopic (exact) mass is 184 g/mol. The number of carbonyl (C=O) groups is 1. The Morgan fingerprint density at radius 2 is 2.15 bits per heavy atom. The lowest BCUT2D eigenvalue weighted by molar-refractivity contribution is -0.188. The molecule has 2 heterocycles. The standard InChI is InChI=1S/C9H16N2O2/c1-7-6-9(12)11(13-7)8-2-4-10-5-3-8/h7-8,10H,2-6H2,1H3. The van der Waals surface area contributed by atoms with Gasteiger partial charge < -0.3 is 5.32 Å². The Labute approximate surface area is 78.2 Å². The van der Waals surface area contributed by atoms with E-state index in [-0.39, 0.29) is 12.0 Å². The summed E-state index contributed by atoms with van der Waals surface area (Å²) in [6.45, 7) is 3.93. The second-order valence-electron chi connectivity index (χ2n) is 3.82. The molecule has 2 saturated heterocycles. The molecule has 0 radical (unpaired) electrons. The first-order valence-corrected chi connectivity index (χ1v) is 4.97. The van der Waals surface area contributed by atoms with Gasteiger partial charge in [0, 0.05) is 0 Å². The molecule has 2 aliphatic heterocycles. The largest absolute Gasteiger partial charge is 0.317 e. The van der Waals surface area contributed by atoms with E-state index in [1.807, 2.05) is 6.92 Å². The van der Waals surface area contributed by atoms with Crippen molar-refractivity contribution in [3.8, 4) is 0 Å². The normalized spacial score (nSPS) is 31.3. The van der Waals surface area contributed by atoms with Crippen molar-refractivity contribution in [3.63, 3.8) is 0 Å². The molecule has 74 valence electrons. The quantitative estimate of drug-likeness (QED) is 0.637. The molecule has 4 heteroatoms. The number of rotatable bonds is 1. The number of hydroxylamine groups is 2. The van der Waals surface area contributed by atoms with Crippen LogP contribution in [0.1, 0.15) is 26.2 Å². The zero-order chi connectivity index (χ0) is 9.26. The van der Waals surface area contributed by atoms with Crippen LogP contribution in [0.2, 0.25) is 0 Å². The third-order valence-corrected chi connectivity index (χ3v) is 2.64. The molecule has 2 rings (SSSR count). The molecule has 0 saturated carbocycles. The summed E-state index contributed by atoms with van der Waals surface area (Å²) >= 11 is 0. The van der Waals surface area contributed by atoms with Crippen molar-refractivity contribution in [3.05, 3.63) is 0 Å². The Morgan fingerprint density at radius 1 is 1.46 bits per heavy atom. The number of nitrogens with zero attached hydrogens (tertiary/aromatic N) is 1. The van der Waals surface area contributed by atoms with Crippen LogP contribution in [0.5, 0.6) is 0 Å². The predicted octanol–water partition coefficient (Wildman–Crippen LogP) is 0.291. The highest BCUT2D eigenvalue weighted by Gasteiger charge is 2.34. The van der Waals surface area contributed by atoms with Gasteiger partial charge in [0.05, 0.1) is 18.6 Å². The van der Waals surface area contributed by atoms with E-state index in [0.29, 0.717) is 12.5 Å². The van der Waals surface area contributed by atoms with Gasteiger partial charge in [0.1, 0.15) is 0 Å². The number of carbonyl (C=O) groups excluding carboxylic acids is 1. The predicted molar refractivity (Wildman–Crippen MR) is 47.9 cm³/mol. The van der Waals surface area contributed by atoms with Crippen LogP contribution in [-0.2, 0) is 9.63 Å². The van der Waals surface area contributed by atoms with Crippen molar-refractivity contribution in [2.75, 3.05) is 13.1 Å². The van der Waals surface area contributed by atoms with Crippen LogP contribution >= 0.6 is 0 Å². The van der Waals surface area contributed by atoms with E-state index in [4.69, 9.17) is 4.84 Å². The van der Waals surface area contributed by atoms with Crippen LogP contribution in [-0.4, -0.2) is 36.2 Å². The topological polar surface area (TPSA) is 41.6 Å². The van der Waals surface area contributed by atoms with E-state index >= 15 is 0 Å². The number of nitrogens with one attached hydrogen (secondary N) is 1. The van der Waals surface area contributed by atoms with E-state index in [1.165, 1.54) is 0 Å². The molecular formula is C9H16N2O2. The van der Waals surface area contributed by atoms with E-state index in [2.05, 4.69) is 5.32 Å². The second-order valence-corrected chi connectivity index (χ2v) is 3.82. The van der Waals surface area contributed by atoms with E-state index in [1.54, 1.807) is 5.06 Å². The Hall–Kier alpha value is -0.610. The molecular weight excluding hydrogens is 168 g/mol. The van der Waals surface area contributed by atoms with Gasteiger partial charge in [-0.15, -0.1) is 0 Å². The molecule has 4 nitrogen and oxygen atoms in total. The molecule has 1 atom stereocenters. The molecule has 0 aromatic rings. The fraction of sp³-hybridized carbons (Fsp3) is 0.889. The Balaban J connectivity index is 1.95. The molecule has 13 heavy (non-hydrogen) atoms. The van der Waals surface area contributed by atoms with Crippen molar-refractivity contribution < 1.29 is 9.63 Å². The lowest BCUT2D eigenvalue weighted by Crippen LogP contribution is -2.43. The molecule has 0 aliphatic carbocycles. The third-order valence-electron chi connectivity index (χ3n) is 2.64. The Morgan fingerprint density at radius 3 is 2.69 bits per heavy atom. The summed E-state index contributed by atoms with van der Waals surface area (Å²) in [4.78, 5) is 16.9. The van der Waals surface area contributed by atoms with Crippen molar-refractivity contribution in [2.45, 2.75) is 38.3 Å².